The number of hydrogen-bond acceptors (Lipinski definition) is 5. The van der Waals surface area contributed by atoms with E-state index in [1.807, 2.05) is 0 Å². The Morgan fingerprint density at radius 3 is 2.39 bits per heavy atom. The quantitative estimate of drug-likeness (QED) is 0.730. The molecule has 2 heterocycles. The number of aromatic amines is 1. The second kappa shape index (κ2) is 4.77. The Hall–Kier alpha value is -3.48. The van der Waals surface area contributed by atoms with E-state index in [4.69, 9.17) is 4.84 Å². The summed E-state index contributed by atoms with van der Waals surface area (Å²) >= 11 is 0. The van der Waals surface area contributed by atoms with Crippen LogP contribution >= 0.6 is 0 Å². The van der Waals surface area contributed by atoms with Crippen molar-refractivity contribution >= 4 is 28.7 Å². The van der Waals surface area contributed by atoms with E-state index in [1.165, 1.54) is 18.3 Å². The van der Waals surface area contributed by atoms with E-state index in [9.17, 15) is 14.4 Å². The van der Waals surface area contributed by atoms with Crippen LogP contribution in [0.15, 0.2) is 48.7 Å². The number of imide groups is 1. The number of fused-ring (bicyclic) bond motifs is 2. The fourth-order valence-electron chi connectivity index (χ4n) is 2.53. The van der Waals surface area contributed by atoms with Crippen LogP contribution in [0.25, 0.3) is 10.9 Å². The molecule has 0 aliphatic carbocycles. The van der Waals surface area contributed by atoms with Crippen molar-refractivity contribution in [3.8, 4) is 0 Å². The van der Waals surface area contributed by atoms with Gasteiger partial charge in [-0.05, 0) is 24.3 Å². The first kappa shape index (κ1) is 13.2. The van der Waals surface area contributed by atoms with Crippen LogP contribution in [-0.2, 0) is 4.84 Å². The number of nitrogens with zero attached hydrogens (tertiary/aromatic N) is 2. The zero-order valence-electron chi connectivity index (χ0n) is 11.6. The molecule has 2 amide bonds. The summed E-state index contributed by atoms with van der Waals surface area (Å²) in [7, 11) is 0. The molecule has 1 aliphatic heterocycles. The molecule has 0 fully saturated rings. The Bertz CT molecular complexity index is 941. The average Bonchev–Trinajstić information content (AvgIpc) is 3.14. The molecule has 0 saturated heterocycles. The van der Waals surface area contributed by atoms with Gasteiger partial charge in [-0.2, -0.15) is 5.10 Å². The van der Waals surface area contributed by atoms with Crippen molar-refractivity contribution in [3.63, 3.8) is 0 Å². The summed E-state index contributed by atoms with van der Waals surface area (Å²) in [6.45, 7) is 0. The summed E-state index contributed by atoms with van der Waals surface area (Å²) in [5, 5.41) is 7.64. The molecule has 0 saturated carbocycles. The molecule has 1 aliphatic rings. The van der Waals surface area contributed by atoms with E-state index in [0.29, 0.717) is 16.0 Å². The van der Waals surface area contributed by atoms with Crippen LogP contribution in [0.3, 0.4) is 0 Å². The van der Waals surface area contributed by atoms with Crippen molar-refractivity contribution in [1.82, 2.24) is 15.3 Å². The van der Waals surface area contributed by atoms with E-state index in [2.05, 4.69) is 10.2 Å². The zero-order chi connectivity index (χ0) is 16.0. The monoisotopic (exact) mass is 307 g/mol. The normalized spacial score (nSPS) is 13.5. The molecule has 0 spiro atoms. The number of rotatable bonds is 2. The van der Waals surface area contributed by atoms with Crippen molar-refractivity contribution in [1.29, 1.82) is 0 Å². The Kier molecular flexibility index (Phi) is 2.74. The van der Waals surface area contributed by atoms with Crippen molar-refractivity contribution in [2.45, 2.75) is 0 Å². The van der Waals surface area contributed by atoms with E-state index in [0.717, 1.165) is 0 Å². The number of amides is 2. The predicted molar refractivity (Wildman–Crippen MR) is 78.5 cm³/mol. The lowest BCUT2D eigenvalue weighted by Gasteiger charge is -2.12. The summed E-state index contributed by atoms with van der Waals surface area (Å²) in [6, 6.07) is 11.3. The third-order valence-electron chi connectivity index (χ3n) is 3.64. The highest BCUT2D eigenvalue weighted by Crippen LogP contribution is 2.24. The van der Waals surface area contributed by atoms with Crippen molar-refractivity contribution in [3.05, 3.63) is 65.4 Å². The molecule has 2 aromatic carbocycles. The van der Waals surface area contributed by atoms with E-state index in [1.54, 1.807) is 30.3 Å². The van der Waals surface area contributed by atoms with Gasteiger partial charge in [0.2, 0.25) is 0 Å². The van der Waals surface area contributed by atoms with Gasteiger partial charge in [0.05, 0.1) is 28.4 Å². The Labute approximate surface area is 129 Å². The second-order valence-corrected chi connectivity index (χ2v) is 4.97. The molecule has 0 bridgehead atoms. The van der Waals surface area contributed by atoms with Gasteiger partial charge in [0.1, 0.15) is 0 Å². The molecule has 0 unspecified atom stereocenters. The zero-order valence-corrected chi connectivity index (χ0v) is 11.6. The van der Waals surface area contributed by atoms with Gasteiger partial charge in [0.15, 0.2) is 0 Å². The number of H-pyrrole nitrogens is 1. The minimum absolute atomic E-state index is 0.215. The fraction of sp³-hybridized carbons (Fsp3) is 0. The number of aromatic nitrogens is 2. The van der Waals surface area contributed by atoms with Crippen molar-refractivity contribution < 1.29 is 19.2 Å². The first-order valence-corrected chi connectivity index (χ1v) is 6.79. The Balaban J connectivity index is 1.67. The van der Waals surface area contributed by atoms with Gasteiger partial charge in [0.25, 0.3) is 11.8 Å². The standard InChI is InChI=1S/C16H9N3O4/c20-14-9-4-1-2-5-10(9)15(21)19(14)23-16(22)11-6-3-7-13-12(11)8-17-18-13/h1-8H,(H,17,18). The maximum absolute atomic E-state index is 12.3. The minimum Gasteiger partial charge on any atom is -0.324 e. The fourth-order valence-corrected chi connectivity index (χ4v) is 2.53. The van der Waals surface area contributed by atoms with Crippen LogP contribution in [0.5, 0.6) is 0 Å². The number of carbonyl (C=O) groups excluding carboxylic acids is 3. The van der Waals surface area contributed by atoms with Crippen molar-refractivity contribution in [2.75, 3.05) is 0 Å². The van der Waals surface area contributed by atoms with Crippen LogP contribution in [0.1, 0.15) is 31.1 Å². The molecule has 7 nitrogen and oxygen atoms in total. The summed E-state index contributed by atoms with van der Waals surface area (Å²) in [5.74, 6) is -2.11. The van der Waals surface area contributed by atoms with Crippen LogP contribution < -0.4 is 0 Å². The Morgan fingerprint density at radius 2 is 1.70 bits per heavy atom. The maximum Gasteiger partial charge on any atom is 0.364 e. The maximum atomic E-state index is 12.3. The molecule has 1 N–H and O–H groups in total. The molecular formula is C16H9N3O4. The lowest BCUT2D eigenvalue weighted by atomic mass is 10.1. The van der Waals surface area contributed by atoms with E-state index < -0.39 is 17.8 Å². The summed E-state index contributed by atoms with van der Waals surface area (Å²) in [4.78, 5) is 41.8. The summed E-state index contributed by atoms with van der Waals surface area (Å²) in [5.41, 5.74) is 1.30. The molecule has 112 valence electrons. The third-order valence-corrected chi connectivity index (χ3v) is 3.64. The highest BCUT2D eigenvalue weighted by Gasteiger charge is 2.38. The van der Waals surface area contributed by atoms with Gasteiger partial charge in [-0.3, -0.25) is 14.7 Å². The number of carbonyl (C=O) groups is 3. The van der Waals surface area contributed by atoms with Gasteiger partial charge in [0, 0.05) is 5.39 Å². The molecule has 23 heavy (non-hydrogen) atoms. The number of benzene rings is 2. The number of hydroxylamine groups is 2. The summed E-state index contributed by atoms with van der Waals surface area (Å²) < 4.78 is 0. The molecular weight excluding hydrogens is 298 g/mol. The van der Waals surface area contributed by atoms with Gasteiger partial charge in [-0.15, -0.1) is 0 Å². The van der Waals surface area contributed by atoms with Gasteiger partial charge < -0.3 is 4.84 Å². The molecule has 7 heteroatoms. The second-order valence-electron chi connectivity index (χ2n) is 4.97. The molecule has 3 aromatic rings. The van der Waals surface area contributed by atoms with Crippen LogP contribution in [0.4, 0.5) is 0 Å². The van der Waals surface area contributed by atoms with Crippen LogP contribution in [0, 0.1) is 0 Å². The topological polar surface area (TPSA) is 92.4 Å². The van der Waals surface area contributed by atoms with E-state index >= 15 is 0 Å². The highest BCUT2D eigenvalue weighted by molar-refractivity contribution is 6.21. The highest BCUT2D eigenvalue weighted by atomic mass is 16.7. The summed E-state index contributed by atoms with van der Waals surface area (Å²) in [6.07, 6.45) is 1.48. The number of hydrogen-bond donors (Lipinski definition) is 1. The molecule has 1 aromatic heterocycles. The van der Waals surface area contributed by atoms with Gasteiger partial charge >= 0.3 is 5.97 Å². The molecule has 0 radical (unpaired) electrons. The lowest BCUT2D eigenvalue weighted by Crippen LogP contribution is -2.32. The SMILES string of the molecule is O=C(ON1C(=O)c2ccccc2C1=O)c1cccc2[nH]ncc12. The first-order chi connectivity index (χ1) is 11.2. The Morgan fingerprint density at radius 1 is 1.00 bits per heavy atom. The van der Waals surface area contributed by atoms with Crippen LogP contribution in [-0.4, -0.2) is 33.0 Å². The third kappa shape index (κ3) is 1.90. The van der Waals surface area contributed by atoms with Crippen molar-refractivity contribution in [2.24, 2.45) is 0 Å². The largest absolute Gasteiger partial charge is 0.364 e. The van der Waals surface area contributed by atoms with Gasteiger partial charge in [-0.25, -0.2) is 4.79 Å². The van der Waals surface area contributed by atoms with Gasteiger partial charge in [-0.1, -0.05) is 23.3 Å². The number of nitrogens with one attached hydrogen (secondary N) is 1. The van der Waals surface area contributed by atoms with E-state index in [-0.39, 0.29) is 16.7 Å². The predicted octanol–water partition coefficient (Wildman–Crippen LogP) is 1.93. The molecule has 0 atom stereocenters. The molecule has 4 rings (SSSR count). The van der Waals surface area contributed by atoms with Crippen LogP contribution in [0.2, 0.25) is 0 Å². The first-order valence-electron chi connectivity index (χ1n) is 6.79. The average molecular weight is 307 g/mol. The smallest absolute Gasteiger partial charge is 0.324 e. The lowest BCUT2D eigenvalue weighted by molar-refractivity contribution is -0.0583. The minimum atomic E-state index is -0.800.